The van der Waals surface area contributed by atoms with Gasteiger partial charge < -0.3 is 0 Å². The lowest BCUT2D eigenvalue weighted by Crippen LogP contribution is -2.05. The summed E-state index contributed by atoms with van der Waals surface area (Å²) in [7, 11) is 0. The van der Waals surface area contributed by atoms with E-state index >= 15 is 0 Å². The molecule has 0 atom stereocenters. The predicted molar refractivity (Wildman–Crippen MR) is 79.1 cm³/mol. The predicted octanol–water partition coefficient (Wildman–Crippen LogP) is 3.80. The van der Waals surface area contributed by atoms with Crippen LogP contribution in [0.1, 0.15) is 27.9 Å². The maximum absolute atomic E-state index is 12.7. The van der Waals surface area contributed by atoms with E-state index in [-0.39, 0.29) is 5.91 Å². The number of fused-ring (bicyclic) bond motifs is 5. The minimum atomic E-state index is 0.130. The number of hydrogen-bond donors (Lipinski definition) is 0. The molecule has 2 aliphatic rings. The van der Waals surface area contributed by atoms with Gasteiger partial charge in [-0.15, -0.1) is 0 Å². The summed E-state index contributed by atoms with van der Waals surface area (Å²) in [5, 5.41) is 1.33. The number of nitrogens with zero attached hydrogens (tertiary/aromatic N) is 1. The standard InChI is InChI=1S/C18H13NO/c20-18-13-8-2-1-7-12(13)17-14-9-3-5-11-6-4-10-15(16(11)14)19(17)18/h1-2,4,6-8,10H,3,5,9H2. The van der Waals surface area contributed by atoms with E-state index in [4.69, 9.17) is 0 Å². The normalized spacial score (nSPS) is 15.5. The molecule has 0 N–H and O–H groups in total. The van der Waals surface area contributed by atoms with Crippen molar-refractivity contribution in [2.45, 2.75) is 19.3 Å². The maximum Gasteiger partial charge on any atom is 0.263 e. The number of aromatic nitrogens is 1. The number of aryl methyl sites for hydroxylation is 2. The van der Waals surface area contributed by atoms with E-state index < -0.39 is 0 Å². The van der Waals surface area contributed by atoms with Crippen molar-refractivity contribution in [3.8, 4) is 11.3 Å². The first-order valence-electron chi connectivity index (χ1n) is 7.15. The Kier molecular flexibility index (Phi) is 1.77. The molecule has 20 heavy (non-hydrogen) atoms. The molecule has 0 bridgehead atoms. The minimum absolute atomic E-state index is 0.130. The number of hydrogen-bond acceptors (Lipinski definition) is 1. The Morgan fingerprint density at radius 3 is 2.65 bits per heavy atom. The molecule has 1 aromatic heterocycles. The van der Waals surface area contributed by atoms with Crippen LogP contribution in [0.2, 0.25) is 0 Å². The Balaban J connectivity index is 2.03. The smallest absolute Gasteiger partial charge is 0.263 e. The largest absolute Gasteiger partial charge is 0.275 e. The molecular weight excluding hydrogens is 246 g/mol. The number of rotatable bonds is 0. The molecule has 3 aromatic rings. The maximum atomic E-state index is 12.7. The summed E-state index contributed by atoms with van der Waals surface area (Å²) < 4.78 is 1.93. The van der Waals surface area contributed by atoms with Gasteiger partial charge in [0, 0.05) is 16.5 Å². The third-order valence-corrected chi connectivity index (χ3v) is 4.67. The number of carbonyl (C=O) groups is 1. The molecule has 2 aromatic carbocycles. The number of carbonyl (C=O) groups excluding carboxylic acids is 1. The third-order valence-electron chi connectivity index (χ3n) is 4.67. The highest BCUT2D eigenvalue weighted by Gasteiger charge is 2.33. The molecule has 2 nitrogen and oxygen atoms in total. The lowest BCUT2D eigenvalue weighted by molar-refractivity contribution is 0.0973. The molecule has 5 rings (SSSR count). The highest BCUT2D eigenvalue weighted by molar-refractivity contribution is 6.16. The van der Waals surface area contributed by atoms with Crippen LogP contribution in [0.4, 0.5) is 0 Å². The van der Waals surface area contributed by atoms with Crippen molar-refractivity contribution < 1.29 is 4.79 Å². The fourth-order valence-electron chi connectivity index (χ4n) is 3.89. The van der Waals surface area contributed by atoms with Crippen molar-refractivity contribution in [2.24, 2.45) is 0 Å². The molecule has 2 heterocycles. The van der Waals surface area contributed by atoms with Crippen LogP contribution in [0.25, 0.3) is 22.2 Å². The highest BCUT2D eigenvalue weighted by Crippen LogP contribution is 2.44. The van der Waals surface area contributed by atoms with Gasteiger partial charge in [-0.1, -0.05) is 30.3 Å². The van der Waals surface area contributed by atoms with Gasteiger partial charge >= 0.3 is 0 Å². The molecule has 1 aliphatic heterocycles. The Labute approximate surface area is 116 Å². The van der Waals surface area contributed by atoms with E-state index in [1.54, 1.807) is 0 Å². The van der Waals surface area contributed by atoms with Gasteiger partial charge in [0.15, 0.2) is 0 Å². The van der Waals surface area contributed by atoms with Crippen LogP contribution >= 0.6 is 0 Å². The Hall–Kier alpha value is -2.35. The van der Waals surface area contributed by atoms with Gasteiger partial charge in [-0.25, -0.2) is 0 Å². The van der Waals surface area contributed by atoms with Crippen molar-refractivity contribution >= 4 is 16.8 Å². The quantitative estimate of drug-likeness (QED) is 0.471. The monoisotopic (exact) mass is 259 g/mol. The van der Waals surface area contributed by atoms with Gasteiger partial charge in [-0.2, -0.15) is 0 Å². The Morgan fingerprint density at radius 1 is 0.900 bits per heavy atom. The minimum Gasteiger partial charge on any atom is -0.275 e. The van der Waals surface area contributed by atoms with Gasteiger partial charge in [0.05, 0.1) is 11.2 Å². The summed E-state index contributed by atoms with van der Waals surface area (Å²) in [5.41, 5.74) is 6.96. The molecule has 1 aliphatic carbocycles. The first-order valence-corrected chi connectivity index (χ1v) is 7.15. The lowest BCUT2D eigenvalue weighted by atomic mass is 9.90. The Bertz CT molecular complexity index is 901. The average molecular weight is 259 g/mol. The average Bonchev–Trinajstić information content (AvgIpc) is 2.98. The fraction of sp³-hybridized carbons (Fsp3) is 0.167. The van der Waals surface area contributed by atoms with Crippen molar-refractivity contribution in [2.75, 3.05) is 0 Å². The zero-order valence-electron chi connectivity index (χ0n) is 11.0. The molecule has 0 saturated heterocycles. The van der Waals surface area contributed by atoms with E-state index in [0.717, 1.165) is 35.2 Å². The van der Waals surface area contributed by atoms with Crippen LogP contribution in [0.3, 0.4) is 0 Å². The summed E-state index contributed by atoms with van der Waals surface area (Å²) >= 11 is 0. The molecule has 0 radical (unpaired) electrons. The van der Waals surface area contributed by atoms with Crippen LogP contribution < -0.4 is 0 Å². The zero-order chi connectivity index (χ0) is 13.3. The molecule has 2 heteroatoms. The molecule has 0 fully saturated rings. The van der Waals surface area contributed by atoms with Crippen LogP contribution in [0, 0.1) is 0 Å². The molecular formula is C18H13NO. The van der Waals surface area contributed by atoms with E-state index in [0.29, 0.717) is 0 Å². The van der Waals surface area contributed by atoms with E-state index in [1.165, 1.54) is 22.9 Å². The third kappa shape index (κ3) is 1.05. The van der Waals surface area contributed by atoms with E-state index in [1.807, 2.05) is 22.8 Å². The van der Waals surface area contributed by atoms with Gasteiger partial charge in [-0.05, 0) is 42.5 Å². The van der Waals surface area contributed by atoms with Crippen molar-refractivity contribution in [3.63, 3.8) is 0 Å². The van der Waals surface area contributed by atoms with Gasteiger partial charge in [0.1, 0.15) is 0 Å². The van der Waals surface area contributed by atoms with Gasteiger partial charge in [0.25, 0.3) is 5.91 Å². The molecule has 0 amide bonds. The van der Waals surface area contributed by atoms with Crippen LogP contribution in [-0.2, 0) is 12.8 Å². The van der Waals surface area contributed by atoms with Crippen LogP contribution in [0.5, 0.6) is 0 Å². The topological polar surface area (TPSA) is 22.0 Å². The molecule has 0 spiro atoms. The van der Waals surface area contributed by atoms with E-state index in [9.17, 15) is 4.79 Å². The number of benzene rings is 2. The van der Waals surface area contributed by atoms with Gasteiger partial charge in [-0.3, -0.25) is 9.36 Å². The summed E-state index contributed by atoms with van der Waals surface area (Å²) in [4.78, 5) is 12.7. The SMILES string of the molecule is O=C1c2ccccc2-c2c3c4c(cccc4n21)CCC3. The van der Waals surface area contributed by atoms with Crippen molar-refractivity contribution in [1.82, 2.24) is 4.57 Å². The first-order chi connectivity index (χ1) is 9.86. The molecule has 0 saturated carbocycles. The molecule has 96 valence electrons. The van der Waals surface area contributed by atoms with Gasteiger partial charge in [0.2, 0.25) is 0 Å². The second-order valence-electron chi connectivity index (χ2n) is 5.68. The van der Waals surface area contributed by atoms with Crippen LogP contribution in [-0.4, -0.2) is 10.5 Å². The van der Waals surface area contributed by atoms with E-state index in [2.05, 4.69) is 24.3 Å². The summed E-state index contributed by atoms with van der Waals surface area (Å²) in [6.45, 7) is 0. The second kappa shape index (κ2) is 3.40. The van der Waals surface area contributed by atoms with Crippen molar-refractivity contribution in [1.29, 1.82) is 0 Å². The Morgan fingerprint density at radius 2 is 1.75 bits per heavy atom. The summed E-state index contributed by atoms with van der Waals surface area (Å²) in [6, 6.07) is 14.4. The van der Waals surface area contributed by atoms with Crippen molar-refractivity contribution in [3.05, 3.63) is 59.2 Å². The lowest BCUT2D eigenvalue weighted by Gasteiger charge is -2.13. The zero-order valence-corrected chi connectivity index (χ0v) is 11.0. The summed E-state index contributed by atoms with van der Waals surface area (Å²) in [6.07, 6.45) is 3.39. The van der Waals surface area contributed by atoms with Crippen LogP contribution in [0.15, 0.2) is 42.5 Å². The first kappa shape index (κ1) is 10.4. The fourth-order valence-corrected chi connectivity index (χ4v) is 3.89. The summed E-state index contributed by atoms with van der Waals surface area (Å²) in [5.74, 6) is 0.130. The highest BCUT2D eigenvalue weighted by atomic mass is 16.2. The molecule has 0 unspecified atom stereocenters. The second-order valence-corrected chi connectivity index (χ2v) is 5.68.